The molecule has 1 fully saturated rings. The van der Waals surface area contributed by atoms with E-state index in [-0.39, 0.29) is 17.8 Å². The van der Waals surface area contributed by atoms with Crippen LogP contribution in [-0.2, 0) is 17.3 Å². The average molecular weight is 510 g/mol. The van der Waals surface area contributed by atoms with E-state index in [9.17, 15) is 40.3 Å². The highest BCUT2D eigenvalue weighted by Crippen LogP contribution is 2.45. The van der Waals surface area contributed by atoms with E-state index in [4.69, 9.17) is 4.74 Å². The number of benzene rings is 1. The predicted octanol–water partition coefficient (Wildman–Crippen LogP) is 4.77. The minimum absolute atomic E-state index is 0.0653. The van der Waals surface area contributed by atoms with Crippen molar-refractivity contribution in [2.24, 2.45) is 0 Å². The fraction of sp³-hybridized carbons (Fsp3) is 0.429. The molecule has 2 aliphatic heterocycles. The zero-order valence-corrected chi connectivity index (χ0v) is 18.0. The first-order chi connectivity index (χ1) is 15.9. The van der Waals surface area contributed by atoms with E-state index in [1.54, 1.807) is 0 Å². The second kappa shape index (κ2) is 8.84. The van der Waals surface area contributed by atoms with Gasteiger partial charge in [-0.05, 0) is 30.5 Å². The molecule has 1 aromatic carbocycles. The van der Waals surface area contributed by atoms with Crippen molar-refractivity contribution in [3.05, 3.63) is 56.5 Å². The summed E-state index contributed by atoms with van der Waals surface area (Å²) in [4.78, 5) is 25.7. The van der Waals surface area contributed by atoms with Gasteiger partial charge in [-0.1, -0.05) is 6.07 Å². The molecule has 0 radical (unpaired) electrons. The number of fused-ring (bicyclic) bond motifs is 4. The molecule has 1 aromatic heterocycles. The number of rotatable bonds is 5. The Hall–Kier alpha value is -2.67. The zero-order chi connectivity index (χ0) is 24.8. The first-order valence-electron chi connectivity index (χ1n) is 10.1. The van der Waals surface area contributed by atoms with Gasteiger partial charge in [-0.2, -0.15) is 26.3 Å². The lowest BCUT2D eigenvalue weighted by molar-refractivity contribution is -0.151. The third-order valence-corrected chi connectivity index (χ3v) is 6.83. The van der Waals surface area contributed by atoms with Gasteiger partial charge in [0.2, 0.25) is 0 Å². The summed E-state index contributed by atoms with van der Waals surface area (Å²) < 4.78 is 99.7. The van der Waals surface area contributed by atoms with Gasteiger partial charge in [0.1, 0.15) is 11.9 Å². The highest BCUT2D eigenvalue weighted by Gasteiger charge is 2.44. The Kier molecular flexibility index (Phi) is 6.36. The molecule has 3 atom stereocenters. The average Bonchev–Trinajstić information content (AvgIpc) is 3.34. The lowest BCUT2D eigenvalue weighted by Gasteiger charge is -2.24. The highest BCUT2D eigenvalue weighted by molar-refractivity contribution is 7.10. The van der Waals surface area contributed by atoms with Crippen molar-refractivity contribution in [2.45, 2.75) is 49.9 Å². The summed E-state index contributed by atoms with van der Waals surface area (Å²) in [7, 11) is 0. The quantitative estimate of drug-likeness (QED) is 0.570. The molecule has 184 valence electrons. The second-order valence-corrected chi connectivity index (χ2v) is 8.87. The molecule has 3 heterocycles. The van der Waals surface area contributed by atoms with E-state index in [0.29, 0.717) is 30.2 Å². The fourth-order valence-corrected chi connectivity index (χ4v) is 5.26. The number of thiophene rings is 1. The van der Waals surface area contributed by atoms with Crippen molar-refractivity contribution < 1.29 is 45.1 Å². The maximum atomic E-state index is 14.0. The maximum Gasteiger partial charge on any atom is 0.417 e. The van der Waals surface area contributed by atoms with Crippen molar-refractivity contribution >= 4 is 23.2 Å². The number of halogens is 7. The number of amides is 2. The number of ether oxygens (including phenoxy) is 1. The number of hydrogen-bond acceptors (Lipinski definition) is 4. The number of carbonyl (C=O) groups is 2. The predicted molar refractivity (Wildman–Crippen MR) is 106 cm³/mol. The van der Waals surface area contributed by atoms with Crippen LogP contribution in [-0.4, -0.2) is 36.7 Å². The zero-order valence-electron chi connectivity index (χ0n) is 17.1. The normalized spacial score (nSPS) is 20.6. The largest absolute Gasteiger partial charge is 0.417 e. The van der Waals surface area contributed by atoms with Crippen LogP contribution in [0.2, 0.25) is 0 Å². The third kappa shape index (κ3) is 4.76. The van der Waals surface area contributed by atoms with Crippen LogP contribution >= 0.6 is 11.3 Å². The number of nitrogens with one attached hydrogen (secondary N) is 2. The minimum Gasteiger partial charge on any atom is -0.369 e. The molecule has 2 N–H and O–H groups in total. The Morgan fingerprint density at radius 3 is 2.53 bits per heavy atom. The maximum absolute atomic E-state index is 14.0. The van der Waals surface area contributed by atoms with Gasteiger partial charge >= 0.3 is 12.4 Å². The Bertz CT molecular complexity index is 1110. The SMILES string of the molecule is O=C(NCC(NC(=O)c1c(F)cccc1C(F)(F)F)C(F)(F)F)c1csc2c1CC1CCC2O1. The Labute approximate surface area is 192 Å². The first-order valence-corrected chi connectivity index (χ1v) is 11.0. The molecule has 13 heteroatoms. The molecule has 2 bridgehead atoms. The summed E-state index contributed by atoms with van der Waals surface area (Å²) in [5.74, 6) is -4.34. The van der Waals surface area contributed by atoms with Gasteiger partial charge in [0.25, 0.3) is 11.8 Å². The van der Waals surface area contributed by atoms with Crippen LogP contribution in [0.4, 0.5) is 30.7 Å². The first kappa shape index (κ1) is 24.5. The molecule has 1 saturated heterocycles. The van der Waals surface area contributed by atoms with Crippen LogP contribution in [0.1, 0.15) is 55.7 Å². The lowest BCUT2D eigenvalue weighted by atomic mass is 10.0. The molecule has 0 spiro atoms. The van der Waals surface area contributed by atoms with Crippen LogP contribution in [0.3, 0.4) is 0 Å². The molecular weight excluding hydrogens is 493 g/mol. The van der Waals surface area contributed by atoms with E-state index in [2.05, 4.69) is 5.32 Å². The minimum atomic E-state index is -5.17. The van der Waals surface area contributed by atoms with Crippen LogP contribution in [0.15, 0.2) is 23.6 Å². The van der Waals surface area contributed by atoms with E-state index >= 15 is 0 Å². The fourth-order valence-electron chi connectivity index (χ4n) is 4.11. The van der Waals surface area contributed by atoms with Gasteiger partial charge in [0, 0.05) is 23.2 Å². The summed E-state index contributed by atoms with van der Waals surface area (Å²) in [5, 5.41) is 4.98. The van der Waals surface area contributed by atoms with E-state index in [0.717, 1.165) is 17.7 Å². The van der Waals surface area contributed by atoms with Gasteiger partial charge in [-0.3, -0.25) is 9.59 Å². The van der Waals surface area contributed by atoms with Gasteiger partial charge in [-0.25, -0.2) is 4.39 Å². The summed E-state index contributed by atoms with van der Waals surface area (Å²) >= 11 is 1.27. The molecular formula is C21H17F7N2O3S. The van der Waals surface area contributed by atoms with E-state index < -0.39 is 53.7 Å². The Morgan fingerprint density at radius 2 is 1.85 bits per heavy atom. The molecule has 2 amide bonds. The molecule has 5 nitrogen and oxygen atoms in total. The van der Waals surface area contributed by atoms with Crippen LogP contribution in [0.5, 0.6) is 0 Å². The van der Waals surface area contributed by atoms with E-state index in [1.807, 2.05) is 0 Å². The van der Waals surface area contributed by atoms with Crippen LogP contribution in [0.25, 0.3) is 0 Å². The molecule has 3 unspecified atom stereocenters. The molecule has 0 saturated carbocycles. The number of carbonyl (C=O) groups excluding carboxylic acids is 2. The van der Waals surface area contributed by atoms with Crippen molar-refractivity contribution in [2.75, 3.05) is 6.54 Å². The Morgan fingerprint density at radius 1 is 1.12 bits per heavy atom. The van der Waals surface area contributed by atoms with Crippen LogP contribution in [0, 0.1) is 5.82 Å². The third-order valence-electron chi connectivity index (χ3n) is 5.72. The molecule has 2 aliphatic rings. The molecule has 34 heavy (non-hydrogen) atoms. The number of hydrogen-bond donors (Lipinski definition) is 2. The monoisotopic (exact) mass is 510 g/mol. The summed E-state index contributed by atoms with van der Waals surface area (Å²) in [6.45, 7) is -1.15. The summed E-state index contributed by atoms with van der Waals surface area (Å²) in [6, 6.07) is -1.14. The lowest BCUT2D eigenvalue weighted by Crippen LogP contribution is -2.52. The van der Waals surface area contributed by atoms with Crippen molar-refractivity contribution in [3.8, 4) is 0 Å². The second-order valence-electron chi connectivity index (χ2n) is 7.96. The standard InChI is InChI=1S/C21H17F7N2O3S/c22-13-3-1-2-12(20(23,24)25)16(13)19(32)30-15(21(26,27)28)7-29-18(31)11-8-34-17-10(11)6-9-4-5-14(17)33-9/h1-3,8-9,14-15H,4-7H2,(H,29,31)(H,30,32). The smallest absolute Gasteiger partial charge is 0.369 e. The van der Waals surface area contributed by atoms with Crippen molar-refractivity contribution in [3.63, 3.8) is 0 Å². The number of alkyl halides is 6. The van der Waals surface area contributed by atoms with E-state index in [1.165, 1.54) is 22.0 Å². The highest BCUT2D eigenvalue weighted by atomic mass is 32.1. The van der Waals surface area contributed by atoms with Gasteiger partial charge in [0.15, 0.2) is 0 Å². The molecule has 2 aromatic rings. The van der Waals surface area contributed by atoms with Crippen molar-refractivity contribution in [1.82, 2.24) is 10.6 Å². The molecule has 4 rings (SSSR count). The van der Waals surface area contributed by atoms with Crippen molar-refractivity contribution in [1.29, 1.82) is 0 Å². The summed E-state index contributed by atoms with van der Waals surface area (Å²) in [6.07, 6.45) is -8.46. The van der Waals surface area contributed by atoms with Gasteiger partial charge < -0.3 is 15.4 Å². The van der Waals surface area contributed by atoms with Gasteiger partial charge in [0.05, 0.1) is 28.9 Å². The Balaban J connectivity index is 1.50. The summed E-state index contributed by atoms with van der Waals surface area (Å²) in [5.41, 5.74) is -2.37. The van der Waals surface area contributed by atoms with Crippen LogP contribution < -0.4 is 10.6 Å². The van der Waals surface area contributed by atoms with Gasteiger partial charge in [-0.15, -0.1) is 11.3 Å². The molecule has 0 aliphatic carbocycles. The topological polar surface area (TPSA) is 67.4 Å².